The minimum absolute atomic E-state index is 0.00684. The van der Waals surface area contributed by atoms with Gasteiger partial charge in [-0.3, -0.25) is 9.59 Å². The van der Waals surface area contributed by atoms with Gasteiger partial charge in [0.2, 0.25) is 17.6 Å². The molecule has 0 spiro atoms. The average molecular weight is 407 g/mol. The molecule has 0 radical (unpaired) electrons. The molecule has 162 valence electrons. The maximum atomic E-state index is 13.0. The van der Waals surface area contributed by atoms with Crippen molar-refractivity contribution >= 4 is 17.5 Å². The number of methoxy groups -OCH3 is 3. The van der Waals surface area contributed by atoms with Crippen molar-refractivity contribution in [2.75, 3.05) is 26.6 Å². The monoisotopic (exact) mass is 406 g/mol. The Labute approximate surface area is 173 Å². The Morgan fingerprint density at radius 2 is 1.59 bits per heavy atom. The van der Waals surface area contributed by atoms with Crippen molar-refractivity contribution < 1.29 is 23.8 Å². The van der Waals surface area contributed by atoms with Gasteiger partial charge in [-0.25, -0.2) is 0 Å². The van der Waals surface area contributed by atoms with Crippen LogP contribution in [0.5, 0.6) is 17.2 Å². The highest BCUT2D eigenvalue weighted by atomic mass is 16.5. The van der Waals surface area contributed by atoms with Gasteiger partial charge in [0.15, 0.2) is 11.5 Å². The second-order valence-electron chi connectivity index (χ2n) is 7.93. The maximum absolute atomic E-state index is 13.0. The summed E-state index contributed by atoms with van der Waals surface area (Å²) >= 11 is 0. The highest BCUT2D eigenvalue weighted by Gasteiger charge is 2.27. The van der Waals surface area contributed by atoms with Crippen LogP contribution >= 0.6 is 0 Å². The highest BCUT2D eigenvalue weighted by Crippen LogP contribution is 2.40. The van der Waals surface area contributed by atoms with Crippen LogP contribution in [0.2, 0.25) is 0 Å². The van der Waals surface area contributed by atoms with Crippen LogP contribution in [0.4, 0.5) is 5.69 Å². The van der Waals surface area contributed by atoms with Crippen LogP contribution in [0.15, 0.2) is 12.1 Å². The largest absolute Gasteiger partial charge is 0.493 e. The number of anilines is 1. The number of ether oxygens (including phenoxy) is 3. The van der Waals surface area contributed by atoms with Gasteiger partial charge in [-0.15, -0.1) is 0 Å². The molecule has 0 saturated heterocycles. The number of rotatable bonds is 9. The first-order chi connectivity index (χ1) is 13.9. The van der Waals surface area contributed by atoms with E-state index in [1.54, 1.807) is 12.1 Å². The zero-order valence-electron chi connectivity index (χ0n) is 18.2. The van der Waals surface area contributed by atoms with Gasteiger partial charge in [0.05, 0.1) is 21.3 Å². The second-order valence-corrected chi connectivity index (χ2v) is 7.93. The number of nitrogens with one attached hydrogen (secondary N) is 2. The van der Waals surface area contributed by atoms with Crippen LogP contribution in [0.1, 0.15) is 52.4 Å². The fourth-order valence-corrected chi connectivity index (χ4v) is 3.74. The van der Waals surface area contributed by atoms with Crippen LogP contribution < -0.4 is 24.8 Å². The zero-order chi connectivity index (χ0) is 21.4. The van der Waals surface area contributed by atoms with E-state index in [2.05, 4.69) is 10.6 Å². The Balaban J connectivity index is 2.15. The summed E-state index contributed by atoms with van der Waals surface area (Å²) in [6.45, 7) is 4.07. The topological polar surface area (TPSA) is 85.9 Å². The molecular formula is C22H34N2O5. The lowest BCUT2D eigenvalue weighted by Gasteiger charge is -2.25. The van der Waals surface area contributed by atoms with Gasteiger partial charge in [-0.2, -0.15) is 0 Å². The van der Waals surface area contributed by atoms with Gasteiger partial charge in [-0.05, 0) is 25.2 Å². The molecule has 0 unspecified atom stereocenters. The standard InChI is InChI=1S/C22H34N2O5/c1-14(2)11-17(24-21(25)15-9-7-6-8-10-15)22(26)23-16-12-18(27-3)20(29-5)19(13-16)28-4/h12-15,17H,6-11H2,1-5H3,(H,23,26)(H,24,25)/t17-/m0/s1. The predicted octanol–water partition coefficient (Wildman–Crippen LogP) is 3.76. The van der Waals surface area contributed by atoms with Crippen molar-refractivity contribution in [3.8, 4) is 17.2 Å². The molecule has 1 aliphatic carbocycles. The first-order valence-electron chi connectivity index (χ1n) is 10.3. The lowest BCUT2D eigenvalue weighted by molar-refractivity contribution is -0.130. The SMILES string of the molecule is COc1cc(NC(=O)[C@H](CC(C)C)NC(=O)C2CCCCC2)cc(OC)c1OC. The summed E-state index contributed by atoms with van der Waals surface area (Å²) in [5, 5.41) is 5.87. The van der Waals surface area contributed by atoms with Gasteiger partial charge in [0.1, 0.15) is 6.04 Å². The van der Waals surface area contributed by atoms with E-state index in [4.69, 9.17) is 14.2 Å². The van der Waals surface area contributed by atoms with E-state index in [1.807, 2.05) is 13.8 Å². The van der Waals surface area contributed by atoms with Gasteiger partial charge < -0.3 is 24.8 Å². The number of carbonyl (C=O) groups is 2. The maximum Gasteiger partial charge on any atom is 0.246 e. The number of amides is 2. The molecule has 1 saturated carbocycles. The van der Waals surface area contributed by atoms with Crippen LogP contribution in [-0.2, 0) is 9.59 Å². The van der Waals surface area contributed by atoms with E-state index in [9.17, 15) is 9.59 Å². The van der Waals surface area contributed by atoms with Crippen molar-refractivity contribution in [2.45, 2.75) is 58.4 Å². The molecule has 29 heavy (non-hydrogen) atoms. The van der Waals surface area contributed by atoms with Crippen LogP contribution in [0.3, 0.4) is 0 Å². The summed E-state index contributed by atoms with van der Waals surface area (Å²) in [5.41, 5.74) is 0.519. The van der Waals surface area contributed by atoms with Gasteiger partial charge in [-0.1, -0.05) is 33.1 Å². The summed E-state index contributed by atoms with van der Waals surface area (Å²) in [7, 11) is 4.57. The van der Waals surface area contributed by atoms with E-state index in [-0.39, 0.29) is 23.7 Å². The Bertz CT molecular complexity index is 673. The molecule has 1 aromatic carbocycles. The molecule has 0 aromatic heterocycles. The minimum atomic E-state index is -0.594. The Morgan fingerprint density at radius 1 is 1.00 bits per heavy atom. The Kier molecular flexibility index (Phi) is 8.61. The summed E-state index contributed by atoms with van der Waals surface area (Å²) in [6, 6.07) is 2.76. The third-order valence-corrected chi connectivity index (χ3v) is 5.25. The van der Waals surface area contributed by atoms with Crippen molar-refractivity contribution in [3.05, 3.63) is 12.1 Å². The van der Waals surface area contributed by atoms with Gasteiger partial charge in [0, 0.05) is 23.7 Å². The number of benzene rings is 1. The summed E-state index contributed by atoms with van der Waals surface area (Å²) in [4.78, 5) is 25.7. The van der Waals surface area contributed by atoms with Crippen molar-refractivity contribution in [1.29, 1.82) is 0 Å². The van der Waals surface area contributed by atoms with Crippen molar-refractivity contribution in [1.82, 2.24) is 5.32 Å². The van der Waals surface area contributed by atoms with E-state index < -0.39 is 6.04 Å². The lowest BCUT2D eigenvalue weighted by Crippen LogP contribution is -2.47. The molecule has 0 aliphatic heterocycles. The number of carbonyl (C=O) groups excluding carboxylic acids is 2. The smallest absolute Gasteiger partial charge is 0.246 e. The summed E-state index contributed by atoms with van der Waals surface area (Å²) in [6.07, 6.45) is 5.69. The van der Waals surface area contributed by atoms with E-state index in [0.29, 0.717) is 29.4 Å². The summed E-state index contributed by atoms with van der Waals surface area (Å²) < 4.78 is 16.0. The second kappa shape index (κ2) is 10.9. The van der Waals surface area contributed by atoms with E-state index in [1.165, 1.54) is 27.8 Å². The lowest BCUT2D eigenvalue weighted by atomic mass is 9.88. The molecule has 7 heteroatoms. The average Bonchev–Trinajstić information content (AvgIpc) is 2.72. The fourth-order valence-electron chi connectivity index (χ4n) is 3.74. The fraction of sp³-hybridized carbons (Fsp3) is 0.636. The van der Waals surface area contributed by atoms with Crippen LogP contribution in [0.25, 0.3) is 0 Å². The molecule has 2 N–H and O–H groups in total. The van der Waals surface area contributed by atoms with Crippen molar-refractivity contribution in [2.24, 2.45) is 11.8 Å². The number of hydrogen-bond donors (Lipinski definition) is 2. The first kappa shape index (κ1) is 22.8. The normalized spacial score (nSPS) is 15.5. The molecule has 1 aliphatic rings. The molecule has 0 heterocycles. The molecule has 1 aromatic rings. The highest BCUT2D eigenvalue weighted by molar-refractivity contribution is 5.98. The van der Waals surface area contributed by atoms with E-state index >= 15 is 0 Å². The third-order valence-electron chi connectivity index (χ3n) is 5.25. The van der Waals surface area contributed by atoms with Gasteiger partial charge >= 0.3 is 0 Å². The molecule has 1 atom stereocenters. The molecule has 7 nitrogen and oxygen atoms in total. The Morgan fingerprint density at radius 3 is 2.07 bits per heavy atom. The molecular weight excluding hydrogens is 372 g/mol. The third kappa shape index (κ3) is 6.27. The summed E-state index contributed by atoms with van der Waals surface area (Å²) in [5.74, 6) is 1.36. The molecule has 2 amide bonds. The number of hydrogen-bond acceptors (Lipinski definition) is 5. The van der Waals surface area contributed by atoms with Crippen LogP contribution in [0, 0.1) is 11.8 Å². The van der Waals surface area contributed by atoms with Gasteiger partial charge in [0.25, 0.3) is 0 Å². The molecule has 2 rings (SSSR count). The first-order valence-corrected chi connectivity index (χ1v) is 10.3. The molecule has 0 bridgehead atoms. The molecule has 1 fully saturated rings. The Hall–Kier alpha value is -2.44. The van der Waals surface area contributed by atoms with E-state index in [0.717, 1.165) is 25.7 Å². The van der Waals surface area contributed by atoms with Crippen LogP contribution in [-0.4, -0.2) is 39.2 Å². The quantitative estimate of drug-likeness (QED) is 0.652. The van der Waals surface area contributed by atoms with Crippen molar-refractivity contribution in [3.63, 3.8) is 0 Å². The minimum Gasteiger partial charge on any atom is -0.493 e. The predicted molar refractivity (Wildman–Crippen MR) is 113 cm³/mol. The zero-order valence-corrected chi connectivity index (χ0v) is 18.2.